The van der Waals surface area contributed by atoms with Gasteiger partial charge < -0.3 is 14.6 Å². The molecule has 1 amide bonds. The first-order chi connectivity index (χ1) is 11.3. The predicted molar refractivity (Wildman–Crippen MR) is 78.0 cm³/mol. The minimum atomic E-state index is -4.71. The second-order valence-corrected chi connectivity index (χ2v) is 5.29. The second kappa shape index (κ2) is 6.03. The van der Waals surface area contributed by atoms with Crippen molar-refractivity contribution in [2.45, 2.75) is 25.7 Å². The first-order valence-corrected chi connectivity index (χ1v) is 7.09. The van der Waals surface area contributed by atoms with Crippen LogP contribution < -0.4 is 10.1 Å². The number of amides is 1. The van der Waals surface area contributed by atoms with Crippen LogP contribution in [0.2, 0.25) is 0 Å². The van der Waals surface area contributed by atoms with Gasteiger partial charge in [-0.2, -0.15) is 13.2 Å². The zero-order valence-electron chi connectivity index (χ0n) is 12.6. The molecule has 1 atom stereocenters. The van der Waals surface area contributed by atoms with E-state index in [-0.39, 0.29) is 12.3 Å². The van der Waals surface area contributed by atoms with Crippen LogP contribution in [0, 0.1) is 6.92 Å². The second-order valence-electron chi connectivity index (χ2n) is 5.29. The molecule has 0 spiro atoms. The molecule has 0 unspecified atom stereocenters. The van der Waals surface area contributed by atoms with E-state index in [1.165, 1.54) is 12.1 Å². The summed E-state index contributed by atoms with van der Waals surface area (Å²) < 4.78 is 49.6. The number of aryl methyl sites for hydroxylation is 1. The minimum absolute atomic E-state index is 0.0419. The first-order valence-electron chi connectivity index (χ1n) is 7.09. The van der Waals surface area contributed by atoms with Crippen molar-refractivity contribution in [3.8, 4) is 5.75 Å². The Bertz CT molecular complexity index is 796. The third kappa shape index (κ3) is 3.27. The summed E-state index contributed by atoms with van der Waals surface area (Å²) >= 11 is 0. The van der Waals surface area contributed by atoms with E-state index in [0.29, 0.717) is 17.0 Å². The lowest BCUT2D eigenvalue weighted by atomic mass is 10.0. The summed E-state index contributed by atoms with van der Waals surface area (Å²) in [6.07, 6.45) is -5.83. The molecule has 1 aliphatic heterocycles. The monoisotopic (exact) mass is 338 g/mol. The van der Waals surface area contributed by atoms with Crippen LogP contribution in [0.15, 0.2) is 40.4 Å². The first kappa shape index (κ1) is 16.1. The van der Waals surface area contributed by atoms with Gasteiger partial charge in [0, 0.05) is 11.6 Å². The maximum atomic E-state index is 13.2. The van der Waals surface area contributed by atoms with E-state index in [4.69, 9.17) is 9.26 Å². The number of aromatic nitrogens is 1. The number of alkyl halides is 3. The molecule has 2 aromatic rings. The summed E-state index contributed by atoms with van der Waals surface area (Å²) in [7, 11) is 0. The summed E-state index contributed by atoms with van der Waals surface area (Å²) in [5.74, 6) is -0.238. The number of carbonyl (C=O) groups is 1. The Morgan fingerprint density at radius 1 is 1.33 bits per heavy atom. The molecule has 3 rings (SSSR count). The van der Waals surface area contributed by atoms with Gasteiger partial charge in [-0.05, 0) is 19.1 Å². The molecule has 1 aromatic carbocycles. The third-order valence-electron chi connectivity index (χ3n) is 3.42. The maximum Gasteiger partial charge on any atom is 0.429 e. The van der Waals surface area contributed by atoms with E-state index >= 15 is 0 Å². The molecule has 0 saturated carbocycles. The molecule has 2 heterocycles. The standard InChI is InChI=1S/C16H13F3N2O3/c1-9-6-11(21-24-9)8-20-15(22)12-7-10-4-2-3-5-13(10)23-14(12)16(17,18)19/h2-7,14H,8H2,1H3,(H,20,22)/t14-/m0/s1. The van der Waals surface area contributed by atoms with Crippen LogP contribution in [0.5, 0.6) is 5.75 Å². The molecule has 1 N–H and O–H groups in total. The van der Waals surface area contributed by atoms with Gasteiger partial charge in [-0.1, -0.05) is 23.4 Å². The van der Waals surface area contributed by atoms with Crippen molar-refractivity contribution in [2.24, 2.45) is 0 Å². The maximum absolute atomic E-state index is 13.2. The van der Waals surface area contributed by atoms with E-state index in [1.807, 2.05) is 0 Å². The van der Waals surface area contributed by atoms with E-state index in [2.05, 4.69) is 10.5 Å². The highest BCUT2D eigenvalue weighted by molar-refractivity contribution is 6.00. The third-order valence-corrected chi connectivity index (χ3v) is 3.42. The van der Waals surface area contributed by atoms with Crippen LogP contribution in [0.3, 0.4) is 0 Å². The summed E-state index contributed by atoms with van der Waals surface area (Å²) in [4.78, 5) is 12.2. The van der Waals surface area contributed by atoms with Crippen molar-refractivity contribution in [2.75, 3.05) is 0 Å². The molecule has 8 heteroatoms. The summed E-state index contributed by atoms with van der Waals surface area (Å²) in [6, 6.07) is 7.81. The van der Waals surface area contributed by atoms with Gasteiger partial charge in [-0.25, -0.2) is 0 Å². The molecule has 0 saturated heterocycles. The Morgan fingerprint density at radius 2 is 2.08 bits per heavy atom. The number of benzene rings is 1. The lowest BCUT2D eigenvalue weighted by molar-refractivity contribution is -0.185. The van der Waals surface area contributed by atoms with Crippen molar-refractivity contribution < 1.29 is 27.2 Å². The highest BCUT2D eigenvalue weighted by Crippen LogP contribution is 2.37. The van der Waals surface area contributed by atoms with Gasteiger partial charge in [-0.3, -0.25) is 4.79 Å². The molecule has 126 valence electrons. The van der Waals surface area contributed by atoms with Crippen LogP contribution in [-0.2, 0) is 11.3 Å². The van der Waals surface area contributed by atoms with E-state index in [0.717, 1.165) is 0 Å². The van der Waals surface area contributed by atoms with Crippen molar-refractivity contribution in [3.63, 3.8) is 0 Å². The number of ether oxygens (including phenoxy) is 1. The quantitative estimate of drug-likeness (QED) is 0.934. The zero-order valence-corrected chi connectivity index (χ0v) is 12.6. The van der Waals surface area contributed by atoms with Gasteiger partial charge >= 0.3 is 6.18 Å². The van der Waals surface area contributed by atoms with Crippen molar-refractivity contribution in [1.82, 2.24) is 10.5 Å². The Balaban J connectivity index is 1.84. The molecular weight excluding hydrogens is 325 g/mol. The van der Waals surface area contributed by atoms with Crippen molar-refractivity contribution in [3.05, 3.63) is 52.9 Å². The molecule has 5 nitrogen and oxygen atoms in total. The SMILES string of the molecule is Cc1cc(CNC(=O)C2=Cc3ccccc3O[C@@H]2C(F)(F)F)no1. The molecule has 0 bridgehead atoms. The summed E-state index contributed by atoms with van der Waals surface area (Å²) in [5, 5.41) is 6.08. The number of hydrogen-bond acceptors (Lipinski definition) is 4. The van der Waals surface area contributed by atoms with Gasteiger partial charge in [0.05, 0.1) is 12.1 Å². The Morgan fingerprint density at radius 3 is 2.75 bits per heavy atom. The van der Waals surface area contributed by atoms with Crippen LogP contribution >= 0.6 is 0 Å². The highest BCUT2D eigenvalue weighted by atomic mass is 19.4. The lowest BCUT2D eigenvalue weighted by Gasteiger charge is -2.28. The molecule has 1 aromatic heterocycles. The number of para-hydroxylation sites is 1. The fourth-order valence-electron chi connectivity index (χ4n) is 2.34. The smallest absolute Gasteiger partial charge is 0.429 e. The number of halogens is 3. The average molecular weight is 338 g/mol. The molecule has 0 radical (unpaired) electrons. The van der Waals surface area contributed by atoms with Crippen molar-refractivity contribution in [1.29, 1.82) is 0 Å². The van der Waals surface area contributed by atoms with Gasteiger partial charge in [0.15, 0.2) is 0 Å². The normalized spacial score (nSPS) is 16.8. The predicted octanol–water partition coefficient (Wildman–Crippen LogP) is 3.01. The van der Waals surface area contributed by atoms with Gasteiger partial charge in [-0.15, -0.1) is 0 Å². The summed E-state index contributed by atoms with van der Waals surface area (Å²) in [5.41, 5.74) is 0.337. The summed E-state index contributed by atoms with van der Waals surface area (Å²) in [6.45, 7) is 1.63. The number of nitrogens with zero attached hydrogens (tertiary/aromatic N) is 1. The molecule has 0 fully saturated rings. The number of carbonyl (C=O) groups excluding carboxylic acids is 1. The van der Waals surface area contributed by atoms with Crippen LogP contribution in [0.25, 0.3) is 6.08 Å². The molecular formula is C16H13F3N2O3. The van der Waals surface area contributed by atoms with E-state index < -0.39 is 23.8 Å². The number of nitrogens with one attached hydrogen (secondary N) is 1. The largest absolute Gasteiger partial charge is 0.475 e. The Labute approximate surface area is 135 Å². The number of fused-ring (bicyclic) bond motifs is 1. The van der Waals surface area contributed by atoms with Gasteiger partial charge in [0.2, 0.25) is 6.10 Å². The number of hydrogen-bond donors (Lipinski definition) is 1. The number of rotatable bonds is 3. The molecule has 24 heavy (non-hydrogen) atoms. The fourth-order valence-corrected chi connectivity index (χ4v) is 2.34. The van der Waals surface area contributed by atoms with Gasteiger partial charge in [0.25, 0.3) is 5.91 Å². The topological polar surface area (TPSA) is 64.4 Å². The fraction of sp³-hybridized carbons (Fsp3) is 0.250. The van der Waals surface area contributed by atoms with E-state index in [1.54, 1.807) is 31.2 Å². The van der Waals surface area contributed by atoms with Crippen molar-refractivity contribution >= 4 is 12.0 Å². The minimum Gasteiger partial charge on any atom is -0.475 e. The lowest BCUT2D eigenvalue weighted by Crippen LogP contribution is -2.43. The van der Waals surface area contributed by atoms with Gasteiger partial charge in [0.1, 0.15) is 17.2 Å². The van der Waals surface area contributed by atoms with Crippen LogP contribution in [0.1, 0.15) is 17.0 Å². The highest BCUT2D eigenvalue weighted by Gasteiger charge is 2.48. The van der Waals surface area contributed by atoms with E-state index in [9.17, 15) is 18.0 Å². The molecule has 0 aliphatic carbocycles. The Kier molecular flexibility index (Phi) is 4.04. The molecule has 1 aliphatic rings. The Hall–Kier alpha value is -2.77. The van der Waals surface area contributed by atoms with Crippen LogP contribution in [-0.4, -0.2) is 23.3 Å². The van der Waals surface area contributed by atoms with Crippen LogP contribution in [0.4, 0.5) is 13.2 Å². The zero-order chi connectivity index (χ0) is 17.3. The average Bonchev–Trinajstić information content (AvgIpc) is 2.96.